The fraction of sp³-hybridized carbons (Fsp3) is 0.280. The van der Waals surface area contributed by atoms with Gasteiger partial charge in [0.05, 0.1) is 17.5 Å². The molecule has 158 valence electrons. The molecular formula is C25H23ClN2O3. The van der Waals surface area contributed by atoms with Gasteiger partial charge in [0.25, 0.3) is 0 Å². The van der Waals surface area contributed by atoms with E-state index in [1.165, 1.54) is 0 Å². The van der Waals surface area contributed by atoms with E-state index in [-0.39, 0.29) is 0 Å². The Morgan fingerprint density at radius 2 is 1.97 bits per heavy atom. The Morgan fingerprint density at radius 1 is 1.19 bits per heavy atom. The summed E-state index contributed by atoms with van der Waals surface area (Å²) < 4.78 is 6.76. The van der Waals surface area contributed by atoms with Crippen LogP contribution in [0, 0.1) is 5.92 Å². The molecular weight excluding hydrogens is 412 g/mol. The fourth-order valence-corrected chi connectivity index (χ4v) is 4.95. The van der Waals surface area contributed by atoms with Crippen molar-refractivity contribution >= 4 is 45.9 Å². The van der Waals surface area contributed by atoms with E-state index in [4.69, 9.17) is 21.3 Å². The molecule has 3 aromatic rings. The molecule has 3 aromatic carbocycles. The summed E-state index contributed by atoms with van der Waals surface area (Å²) in [6, 6.07) is 17.7. The van der Waals surface area contributed by atoms with E-state index in [0.29, 0.717) is 17.3 Å². The summed E-state index contributed by atoms with van der Waals surface area (Å²) in [6.07, 6.45) is 1.85. The van der Waals surface area contributed by atoms with Crippen LogP contribution < -0.4 is 9.64 Å². The minimum absolute atomic E-state index is 0.306. The van der Waals surface area contributed by atoms with Gasteiger partial charge in [-0.15, -0.1) is 0 Å². The Balaban J connectivity index is 1.68. The smallest absolute Gasteiger partial charge is 0.308 e. The second-order valence-corrected chi connectivity index (χ2v) is 9.26. The lowest BCUT2D eigenvalue weighted by Gasteiger charge is -2.46. The molecule has 0 aliphatic carbocycles. The van der Waals surface area contributed by atoms with Crippen LogP contribution in [-0.2, 0) is 10.2 Å². The van der Waals surface area contributed by atoms with Crippen LogP contribution in [0.3, 0.4) is 0 Å². The number of aliphatic carboxylic acids is 1. The first-order chi connectivity index (χ1) is 14.7. The summed E-state index contributed by atoms with van der Waals surface area (Å²) in [6.45, 7) is 6.26. The summed E-state index contributed by atoms with van der Waals surface area (Å²) in [7, 11) is 0. The molecule has 1 spiro atoms. The zero-order valence-corrected chi connectivity index (χ0v) is 18.3. The number of anilines is 1. The number of hydrogen-bond acceptors (Lipinski definition) is 4. The third-order valence-corrected chi connectivity index (χ3v) is 6.83. The van der Waals surface area contributed by atoms with Gasteiger partial charge in [-0.1, -0.05) is 48.9 Å². The Kier molecular flexibility index (Phi) is 4.31. The average Bonchev–Trinajstić information content (AvgIpc) is 2.92. The van der Waals surface area contributed by atoms with Crippen LogP contribution in [0.15, 0.2) is 59.6 Å². The monoisotopic (exact) mass is 434 g/mol. The van der Waals surface area contributed by atoms with Crippen molar-refractivity contribution in [2.75, 3.05) is 11.4 Å². The highest BCUT2D eigenvalue weighted by molar-refractivity contribution is 6.31. The number of rotatable bonds is 3. The predicted octanol–water partition coefficient (Wildman–Crippen LogP) is 5.80. The van der Waals surface area contributed by atoms with Crippen LogP contribution in [0.2, 0.25) is 5.02 Å². The van der Waals surface area contributed by atoms with Gasteiger partial charge in [-0.2, -0.15) is 0 Å². The van der Waals surface area contributed by atoms with Gasteiger partial charge in [0.1, 0.15) is 11.4 Å². The molecule has 5 rings (SSSR count). The molecule has 1 N–H and O–H groups in total. The normalized spacial score (nSPS) is 21.6. The molecule has 31 heavy (non-hydrogen) atoms. The highest BCUT2D eigenvalue weighted by Crippen LogP contribution is 2.55. The minimum atomic E-state index is -0.937. The summed E-state index contributed by atoms with van der Waals surface area (Å²) in [5.74, 6) is -0.740. The molecule has 0 radical (unpaired) electrons. The molecule has 2 unspecified atom stereocenters. The lowest BCUT2D eigenvalue weighted by Crippen LogP contribution is -2.63. The maximum atomic E-state index is 11.7. The van der Waals surface area contributed by atoms with Crippen molar-refractivity contribution < 1.29 is 14.6 Å². The molecule has 0 amide bonds. The number of fused-ring (bicyclic) bond motifs is 4. The zero-order valence-electron chi connectivity index (χ0n) is 17.6. The largest absolute Gasteiger partial charge is 0.481 e. The first kappa shape index (κ1) is 19.9. The number of para-hydroxylation sites is 1. The van der Waals surface area contributed by atoms with E-state index < -0.39 is 23.0 Å². The molecule has 2 atom stereocenters. The van der Waals surface area contributed by atoms with Gasteiger partial charge >= 0.3 is 5.97 Å². The summed E-state index contributed by atoms with van der Waals surface area (Å²) in [4.78, 5) is 18.6. The summed E-state index contributed by atoms with van der Waals surface area (Å²) in [5.41, 5.74) is 1.45. The molecule has 0 fully saturated rings. The van der Waals surface area contributed by atoms with Crippen molar-refractivity contribution in [3.05, 3.63) is 65.2 Å². The summed E-state index contributed by atoms with van der Waals surface area (Å²) >= 11 is 6.16. The number of aliphatic imine (C=N–C) groups is 1. The molecule has 0 saturated carbocycles. The number of ether oxygens (including phenoxy) is 1. The lowest BCUT2D eigenvalue weighted by molar-refractivity contribution is -0.140. The third-order valence-electron chi connectivity index (χ3n) is 6.59. The van der Waals surface area contributed by atoms with E-state index in [9.17, 15) is 9.90 Å². The second kappa shape index (κ2) is 6.72. The number of benzene rings is 3. The lowest BCUT2D eigenvalue weighted by atomic mass is 9.77. The number of halogens is 1. The van der Waals surface area contributed by atoms with Gasteiger partial charge in [-0.3, -0.25) is 9.79 Å². The topological polar surface area (TPSA) is 62.1 Å². The fourth-order valence-electron chi connectivity index (χ4n) is 4.77. The van der Waals surface area contributed by atoms with Gasteiger partial charge in [0.2, 0.25) is 5.72 Å². The van der Waals surface area contributed by atoms with E-state index in [1.54, 1.807) is 6.92 Å². The van der Waals surface area contributed by atoms with Gasteiger partial charge in [0, 0.05) is 22.6 Å². The highest BCUT2D eigenvalue weighted by atomic mass is 35.5. The van der Waals surface area contributed by atoms with E-state index in [1.807, 2.05) is 54.7 Å². The number of nitrogens with zero attached hydrogens (tertiary/aromatic N) is 2. The molecule has 2 aliphatic heterocycles. The first-order valence-electron chi connectivity index (χ1n) is 10.3. The van der Waals surface area contributed by atoms with Gasteiger partial charge in [-0.05, 0) is 49.1 Å². The van der Waals surface area contributed by atoms with Crippen molar-refractivity contribution in [1.29, 1.82) is 0 Å². The second-order valence-electron chi connectivity index (χ2n) is 8.83. The SMILES string of the molecule is CC(CN1c2ccccc2C(C)(C)C12C=Nc1c(ccc3cc(Cl)ccc13)O2)C(=O)O. The minimum Gasteiger partial charge on any atom is -0.481 e. The molecule has 2 aliphatic rings. The third kappa shape index (κ3) is 2.76. The van der Waals surface area contributed by atoms with Crippen LogP contribution in [0.25, 0.3) is 10.8 Å². The van der Waals surface area contributed by atoms with Crippen molar-refractivity contribution in [2.45, 2.75) is 31.9 Å². The summed E-state index contributed by atoms with van der Waals surface area (Å²) in [5, 5.41) is 12.2. The Morgan fingerprint density at radius 3 is 2.74 bits per heavy atom. The van der Waals surface area contributed by atoms with Crippen LogP contribution in [0.1, 0.15) is 26.3 Å². The predicted molar refractivity (Wildman–Crippen MR) is 124 cm³/mol. The van der Waals surface area contributed by atoms with E-state index >= 15 is 0 Å². The molecule has 0 bridgehead atoms. The quantitative estimate of drug-likeness (QED) is 0.565. The van der Waals surface area contributed by atoms with Crippen molar-refractivity contribution in [2.24, 2.45) is 10.9 Å². The standard InChI is InChI=1S/C25H23ClN2O3/c1-15(23(29)30)13-28-20-7-5-4-6-19(20)24(2,3)25(28)14-27-22-18-10-9-17(26)12-16(18)8-11-21(22)31-25/h4-12,14-15H,13H2,1-3H3,(H,29,30). The molecule has 0 aromatic heterocycles. The van der Waals surface area contributed by atoms with Crippen molar-refractivity contribution in [3.8, 4) is 5.75 Å². The number of carboxylic acids is 1. The highest BCUT2D eigenvalue weighted by Gasteiger charge is 2.60. The molecule has 5 nitrogen and oxygen atoms in total. The van der Waals surface area contributed by atoms with Crippen LogP contribution >= 0.6 is 11.6 Å². The Hall–Kier alpha value is -3.05. The molecule has 0 saturated heterocycles. The van der Waals surface area contributed by atoms with Crippen LogP contribution in [0.4, 0.5) is 11.4 Å². The Bertz CT molecular complexity index is 1250. The van der Waals surface area contributed by atoms with Crippen LogP contribution in [0.5, 0.6) is 5.75 Å². The number of hydrogen-bond donors (Lipinski definition) is 1. The van der Waals surface area contributed by atoms with Gasteiger partial charge in [-0.25, -0.2) is 0 Å². The van der Waals surface area contributed by atoms with Crippen molar-refractivity contribution in [1.82, 2.24) is 0 Å². The molecule has 6 heteroatoms. The number of carbonyl (C=O) groups is 1. The molecule has 2 heterocycles. The average molecular weight is 435 g/mol. The first-order valence-corrected chi connectivity index (χ1v) is 10.7. The maximum absolute atomic E-state index is 11.7. The Labute approximate surface area is 185 Å². The van der Waals surface area contributed by atoms with Crippen LogP contribution in [-0.4, -0.2) is 29.6 Å². The van der Waals surface area contributed by atoms with Gasteiger partial charge in [0.15, 0.2) is 0 Å². The van der Waals surface area contributed by atoms with Gasteiger partial charge < -0.3 is 14.7 Å². The zero-order chi connectivity index (χ0) is 22.0. The van der Waals surface area contributed by atoms with Crippen molar-refractivity contribution in [3.63, 3.8) is 0 Å². The maximum Gasteiger partial charge on any atom is 0.308 e. The van der Waals surface area contributed by atoms with E-state index in [2.05, 4.69) is 24.8 Å². The van der Waals surface area contributed by atoms with E-state index in [0.717, 1.165) is 27.7 Å². The number of carboxylic acid groups (broad SMARTS) is 1.